The SMILES string of the molecule is CCN(C)C(=O)C(C)N/C=C/C(=O)OC. The molecule has 0 heterocycles. The summed E-state index contributed by atoms with van der Waals surface area (Å²) < 4.78 is 4.40. The molecule has 5 heteroatoms. The summed E-state index contributed by atoms with van der Waals surface area (Å²) in [5.74, 6) is -0.474. The first-order chi connectivity index (χ1) is 7.02. The number of rotatable bonds is 5. The van der Waals surface area contributed by atoms with Gasteiger partial charge in [0.15, 0.2) is 0 Å². The third kappa shape index (κ3) is 5.05. The minimum absolute atomic E-state index is 0.0213. The lowest BCUT2D eigenvalue weighted by atomic mass is 10.3. The topological polar surface area (TPSA) is 58.6 Å². The molecule has 0 rings (SSSR count). The van der Waals surface area contributed by atoms with E-state index in [0.29, 0.717) is 6.54 Å². The molecule has 0 aliphatic rings. The Hall–Kier alpha value is -1.52. The van der Waals surface area contributed by atoms with Crippen molar-refractivity contribution in [3.05, 3.63) is 12.3 Å². The van der Waals surface area contributed by atoms with Crippen LogP contribution in [0.15, 0.2) is 12.3 Å². The summed E-state index contributed by atoms with van der Waals surface area (Å²) in [5.41, 5.74) is 0. The van der Waals surface area contributed by atoms with E-state index in [1.54, 1.807) is 18.9 Å². The van der Waals surface area contributed by atoms with Gasteiger partial charge in [0.25, 0.3) is 0 Å². The smallest absolute Gasteiger partial charge is 0.331 e. The molecule has 0 radical (unpaired) electrons. The Morgan fingerprint density at radius 1 is 1.53 bits per heavy atom. The second kappa shape index (κ2) is 6.86. The molecule has 5 nitrogen and oxygen atoms in total. The maximum atomic E-state index is 11.5. The van der Waals surface area contributed by atoms with Gasteiger partial charge in [0.1, 0.15) is 6.04 Å². The Morgan fingerprint density at radius 3 is 2.60 bits per heavy atom. The quantitative estimate of drug-likeness (QED) is 0.522. The molecule has 1 N–H and O–H groups in total. The molecule has 0 saturated heterocycles. The van der Waals surface area contributed by atoms with Crippen molar-refractivity contribution in [2.75, 3.05) is 20.7 Å². The Morgan fingerprint density at radius 2 is 2.13 bits per heavy atom. The fourth-order valence-corrected chi connectivity index (χ4v) is 0.886. The van der Waals surface area contributed by atoms with E-state index < -0.39 is 5.97 Å². The Kier molecular flexibility index (Phi) is 6.17. The molecule has 0 aromatic rings. The predicted molar refractivity (Wildman–Crippen MR) is 57.1 cm³/mol. The van der Waals surface area contributed by atoms with Crippen LogP contribution in [-0.2, 0) is 14.3 Å². The van der Waals surface area contributed by atoms with Crippen LogP contribution in [0.2, 0.25) is 0 Å². The van der Waals surface area contributed by atoms with Crippen LogP contribution in [-0.4, -0.2) is 43.5 Å². The van der Waals surface area contributed by atoms with Crippen LogP contribution in [0.3, 0.4) is 0 Å². The number of nitrogens with zero attached hydrogens (tertiary/aromatic N) is 1. The van der Waals surface area contributed by atoms with E-state index in [1.165, 1.54) is 19.4 Å². The van der Waals surface area contributed by atoms with Crippen molar-refractivity contribution < 1.29 is 14.3 Å². The second-order valence-electron chi connectivity index (χ2n) is 3.10. The second-order valence-corrected chi connectivity index (χ2v) is 3.10. The van der Waals surface area contributed by atoms with Crippen LogP contribution in [0.1, 0.15) is 13.8 Å². The van der Waals surface area contributed by atoms with E-state index in [0.717, 1.165) is 0 Å². The summed E-state index contributed by atoms with van der Waals surface area (Å²) >= 11 is 0. The van der Waals surface area contributed by atoms with Crippen LogP contribution in [0.5, 0.6) is 0 Å². The molecule has 0 aliphatic heterocycles. The van der Waals surface area contributed by atoms with Gasteiger partial charge in [0.05, 0.1) is 7.11 Å². The van der Waals surface area contributed by atoms with Crippen molar-refractivity contribution in [2.45, 2.75) is 19.9 Å². The molecule has 0 aromatic carbocycles. The summed E-state index contributed by atoms with van der Waals surface area (Å²) in [6.45, 7) is 4.29. The normalized spacial score (nSPS) is 12.3. The third-order valence-corrected chi connectivity index (χ3v) is 1.99. The van der Waals surface area contributed by atoms with Crippen molar-refractivity contribution in [2.24, 2.45) is 0 Å². The summed E-state index contributed by atoms with van der Waals surface area (Å²) in [4.78, 5) is 23.8. The molecule has 0 aromatic heterocycles. The fourth-order valence-electron chi connectivity index (χ4n) is 0.886. The van der Waals surface area contributed by atoms with E-state index in [2.05, 4.69) is 10.1 Å². The van der Waals surface area contributed by atoms with Crippen LogP contribution in [0, 0.1) is 0 Å². The highest BCUT2D eigenvalue weighted by Crippen LogP contribution is 1.91. The number of hydrogen-bond acceptors (Lipinski definition) is 4. The van der Waals surface area contributed by atoms with Gasteiger partial charge >= 0.3 is 5.97 Å². The molecule has 1 amide bonds. The van der Waals surface area contributed by atoms with Crippen molar-refractivity contribution in [3.63, 3.8) is 0 Å². The number of nitrogens with one attached hydrogen (secondary N) is 1. The molecule has 15 heavy (non-hydrogen) atoms. The van der Waals surface area contributed by atoms with Gasteiger partial charge in [-0.1, -0.05) is 0 Å². The molecule has 0 fully saturated rings. The predicted octanol–water partition coefficient (Wildman–Crippen LogP) is 0.130. The zero-order valence-electron chi connectivity index (χ0n) is 9.61. The van der Waals surface area contributed by atoms with Crippen LogP contribution >= 0.6 is 0 Å². The lowest BCUT2D eigenvalue weighted by Gasteiger charge is -2.19. The lowest BCUT2D eigenvalue weighted by Crippen LogP contribution is -2.41. The third-order valence-electron chi connectivity index (χ3n) is 1.99. The van der Waals surface area contributed by atoms with Crippen molar-refractivity contribution in [3.8, 4) is 0 Å². The summed E-state index contributed by atoms with van der Waals surface area (Å²) in [6.07, 6.45) is 2.65. The zero-order valence-corrected chi connectivity index (χ0v) is 9.61. The maximum absolute atomic E-state index is 11.5. The van der Waals surface area contributed by atoms with Crippen molar-refractivity contribution in [1.82, 2.24) is 10.2 Å². The monoisotopic (exact) mass is 214 g/mol. The highest BCUT2D eigenvalue weighted by atomic mass is 16.5. The van der Waals surface area contributed by atoms with E-state index in [1.807, 2.05) is 6.92 Å². The average molecular weight is 214 g/mol. The van der Waals surface area contributed by atoms with Gasteiger partial charge in [0.2, 0.25) is 5.91 Å². The first-order valence-corrected chi connectivity index (χ1v) is 4.78. The summed E-state index contributed by atoms with van der Waals surface area (Å²) in [7, 11) is 3.02. The molecule has 0 aliphatic carbocycles. The van der Waals surface area contributed by atoms with Gasteiger partial charge in [-0.05, 0) is 13.8 Å². The van der Waals surface area contributed by atoms with Crippen molar-refractivity contribution >= 4 is 11.9 Å². The Labute approximate surface area is 90.1 Å². The number of carbonyl (C=O) groups excluding carboxylic acids is 2. The molecular weight excluding hydrogens is 196 g/mol. The van der Waals surface area contributed by atoms with Gasteiger partial charge in [-0.25, -0.2) is 4.79 Å². The van der Waals surface area contributed by atoms with Gasteiger partial charge < -0.3 is 15.0 Å². The number of methoxy groups -OCH3 is 1. The molecule has 1 atom stereocenters. The standard InChI is InChI=1S/C10H18N2O3/c1-5-12(3)10(14)8(2)11-7-6-9(13)15-4/h6-8,11H,5H2,1-4H3/b7-6+. The first kappa shape index (κ1) is 13.5. The van der Waals surface area contributed by atoms with E-state index >= 15 is 0 Å². The van der Waals surface area contributed by atoms with E-state index in [4.69, 9.17) is 0 Å². The number of ether oxygens (including phenoxy) is 1. The number of likely N-dealkylation sites (N-methyl/N-ethyl adjacent to an activating group) is 1. The molecule has 0 bridgehead atoms. The molecular formula is C10H18N2O3. The van der Waals surface area contributed by atoms with Crippen LogP contribution in [0.4, 0.5) is 0 Å². The first-order valence-electron chi connectivity index (χ1n) is 4.78. The Bertz CT molecular complexity index is 251. The van der Waals surface area contributed by atoms with Crippen LogP contribution < -0.4 is 5.32 Å². The van der Waals surface area contributed by atoms with Crippen LogP contribution in [0.25, 0.3) is 0 Å². The van der Waals surface area contributed by atoms with Gasteiger partial charge in [-0.3, -0.25) is 4.79 Å². The largest absolute Gasteiger partial charge is 0.466 e. The molecule has 0 saturated carbocycles. The highest BCUT2D eigenvalue weighted by Gasteiger charge is 2.13. The number of hydrogen-bond donors (Lipinski definition) is 1. The minimum Gasteiger partial charge on any atom is -0.466 e. The summed E-state index contributed by atoms with van der Waals surface area (Å²) in [6, 6.07) is -0.351. The zero-order chi connectivity index (χ0) is 11.8. The highest BCUT2D eigenvalue weighted by molar-refractivity contribution is 5.83. The lowest BCUT2D eigenvalue weighted by molar-refractivity contribution is -0.135. The van der Waals surface area contributed by atoms with Gasteiger partial charge in [-0.15, -0.1) is 0 Å². The molecule has 86 valence electrons. The number of esters is 1. The molecule has 1 unspecified atom stereocenters. The minimum atomic E-state index is -0.453. The van der Waals surface area contributed by atoms with Gasteiger partial charge in [-0.2, -0.15) is 0 Å². The number of amides is 1. The molecule has 0 spiro atoms. The maximum Gasteiger partial charge on any atom is 0.331 e. The van der Waals surface area contributed by atoms with Crippen molar-refractivity contribution in [1.29, 1.82) is 0 Å². The summed E-state index contributed by atoms with van der Waals surface area (Å²) in [5, 5.41) is 2.79. The Balaban J connectivity index is 4.03. The average Bonchev–Trinajstić information content (AvgIpc) is 2.26. The number of carbonyl (C=O) groups is 2. The fraction of sp³-hybridized carbons (Fsp3) is 0.600. The van der Waals surface area contributed by atoms with E-state index in [-0.39, 0.29) is 11.9 Å². The van der Waals surface area contributed by atoms with Gasteiger partial charge in [0, 0.05) is 25.9 Å². The van der Waals surface area contributed by atoms with E-state index in [9.17, 15) is 9.59 Å².